The van der Waals surface area contributed by atoms with Crippen LogP contribution in [0.5, 0.6) is 0 Å². The van der Waals surface area contributed by atoms with Crippen molar-refractivity contribution in [2.24, 2.45) is 0 Å². The Morgan fingerprint density at radius 1 is 1.17 bits per heavy atom. The van der Waals surface area contributed by atoms with Crippen molar-refractivity contribution in [3.8, 4) is 11.1 Å². The van der Waals surface area contributed by atoms with E-state index in [1.165, 1.54) is 19.3 Å². The van der Waals surface area contributed by atoms with Gasteiger partial charge in [-0.25, -0.2) is 4.79 Å². The van der Waals surface area contributed by atoms with Crippen LogP contribution in [0.15, 0.2) is 48.5 Å². The van der Waals surface area contributed by atoms with E-state index >= 15 is 0 Å². The average Bonchev–Trinajstić information content (AvgIpc) is 2.57. The van der Waals surface area contributed by atoms with Crippen LogP contribution in [0.2, 0.25) is 0 Å². The predicted octanol–water partition coefficient (Wildman–Crippen LogP) is 4.43. The van der Waals surface area contributed by atoms with Crippen LogP contribution in [0.25, 0.3) is 11.1 Å². The van der Waals surface area contributed by atoms with Gasteiger partial charge in [-0.05, 0) is 55.1 Å². The molecule has 23 heavy (non-hydrogen) atoms. The van der Waals surface area contributed by atoms with E-state index in [1.54, 1.807) is 6.07 Å². The smallest absolute Gasteiger partial charge is 0.335 e. The SMILES string of the molecule is CC1CCCCN1Cc1cc(C(=O)O)ccc1-c1ccccc1. The van der Waals surface area contributed by atoms with E-state index in [0.29, 0.717) is 11.6 Å². The second-order valence-corrected chi connectivity index (χ2v) is 6.36. The number of carbonyl (C=O) groups is 1. The van der Waals surface area contributed by atoms with E-state index < -0.39 is 5.97 Å². The topological polar surface area (TPSA) is 40.5 Å². The van der Waals surface area contributed by atoms with Gasteiger partial charge in [0.05, 0.1) is 5.56 Å². The zero-order valence-electron chi connectivity index (χ0n) is 13.5. The quantitative estimate of drug-likeness (QED) is 0.908. The van der Waals surface area contributed by atoms with Crippen LogP contribution >= 0.6 is 0 Å². The number of carboxylic acids is 1. The lowest BCUT2D eigenvalue weighted by molar-refractivity contribution is 0.0696. The first-order chi connectivity index (χ1) is 11.1. The maximum absolute atomic E-state index is 11.3. The fourth-order valence-corrected chi connectivity index (χ4v) is 3.37. The molecule has 120 valence electrons. The van der Waals surface area contributed by atoms with Crippen molar-refractivity contribution in [1.29, 1.82) is 0 Å². The van der Waals surface area contributed by atoms with Crippen molar-refractivity contribution in [3.05, 3.63) is 59.7 Å². The first kappa shape index (κ1) is 15.8. The van der Waals surface area contributed by atoms with Gasteiger partial charge in [-0.15, -0.1) is 0 Å². The largest absolute Gasteiger partial charge is 0.478 e. The molecule has 1 fully saturated rings. The van der Waals surface area contributed by atoms with Crippen molar-refractivity contribution in [1.82, 2.24) is 4.90 Å². The van der Waals surface area contributed by atoms with Crippen molar-refractivity contribution >= 4 is 5.97 Å². The molecule has 1 atom stereocenters. The molecule has 0 spiro atoms. The minimum atomic E-state index is -0.863. The Morgan fingerprint density at radius 2 is 1.96 bits per heavy atom. The first-order valence-electron chi connectivity index (χ1n) is 8.31. The number of rotatable bonds is 4. The number of likely N-dealkylation sites (tertiary alicyclic amines) is 1. The highest BCUT2D eigenvalue weighted by atomic mass is 16.4. The third kappa shape index (κ3) is 3.62. The summed E-state index contributed by atoms with van der Waals surface area (Å²) in [6.45, 7) is 4.17. The molecule has 3 nitrogen and oxygen atoms in total. The van der Waals surface area contributed by atoms with E-state index in [0.717, 1.165) is 29.8 Å². The fraction of sp³-hybridized carbons (Fsp3) is 0.350. The number of hydrogen-bond donors (Lipinski definition) is 1. The molecule has 0 radical (unpaired) electrons. The Morgan fingerprint density at radius 3 is 2.65 bits per heavy atom. The van der Waals surface area contributed by atoms with Crippen LogP contribution in [0.4, 0.5) is 0 Å². The highest BCUT2D eigenvalue weighted by molar-refractivity contribution is 5.89. The van der Waals surface area contributed by atoms with Crippen LogP contribution in [-0.4, -0.2) is 28.6 Å². The number of hydrogen-bond acceptors (Lipinski definition) is 2. The zero-order chi connectivity index (χ0) is 16.2. The molecule has 0 saturated carbocycles. The van der Waals surface area contributed by atoms with Crippen LogP contribution in [0.3, 0.4) is 0 Å². The molecule has 1 unspecified atom stereocenters. The van der Waals surface area contributed by atoms with Crippen LogP contribution in [0, 0.1) is 0 Å². The summed E-state index contributed by atoms with van der Waals surface area (Å²) in [5.74, 6) is -0.863. The molecule has 3 rings (SSSR count). The van der Waals surface area contributed by atoms with Gasteiger partial charge in [0, 0.05) is 12.6 Å². The summed E-state index contributed by atoms with van der Waals surface area (Å²) in [6.07, 6.45) is 3.74. The predicted molar refractivity (Wildman–Crippen MR) is 92.6 cm³/mol. The maximum atomic E-state index is 11.3. The lowest BCUT2D eigenvalue weighted by atomic mass is 9.95. The number of aromatic carboxylic acids is 1. The standard InChI is InChI=1S/C20H23NO2/c1-15-7-5-6-12-21(15)14-18-13-17(20(22)23)10-11-19(18)16-8-3-2-4-9-16/h2-4,8-11,13,15H,5-7,12,14H2,1H3,(H,22,23). The van der Waals surface area contributed by atoms with Gasteiger partial charge in [0.1, 0.15) is 0 Å². The number of carboxylic acid groups (broad SMARTS) is 1. The molecule has 0 aliphatic carbocycles. The summed E-state index contributed by atoms with van der Waals surface area (Å²) in [6, 6.07) is 16.3. The second kappa shape index (κ2) is 6.97. The van der Waals surface area contributed by atoms with E-state index in [9.17, 15) is 9.90 Å². The van der Waals surface area contributed by atoms with Crippen molar-refractivity contribution in [3.63, 3.8) is 0 Å². The van der Waals surface area contributed by atoms with Gasteiger partial charge in [-0.3, -0.25) is 4.90 Å². The van der Waals surface area contributed by atoms with Gasteiger partial charge in [0.2, 0.25) is 0 Å². The Bertz CT molecular complexity index is 681. The normalized spacial score (nSPS) is 18.7. The molecule has 0 aromatic heterocycles. The van der Waals surface area contributed by atoms with Gasteiger partial charge in [0.15, 0.2) is 0 Å². The summed E-state index contributed by atoms with van der Waals surface area (Å²) in [5, 5.41) is 9.31. The monoisotopic (exact) mass is 309 g/mol. The molecule has 2 aromatic carbocycles. The summed E-state index contributed by atoms with van der Waals surface area (Å²) < 4.78 is 0. The average molecular weight is 309 g/mol. The van der Waals surface area contributed by atoms with Gasteiger partial charge >= 0.3 is 5.97 Å². The molecule has 3 heteroatoms. The van der Waals surface area contributed by atoms with Crippen LogP contribution < -0.4 is 0 Å². The van der Waals surface area contributed by atoms with Crippen molar-refractivity contribution < 1.29 is 9.90 Å². The summed E-state index contributed by atoms with van der Waals surface area (Å²) in [4.78, 5) is 13.8. The highest BCUT2D eigenvalue weighted by Crippen LogP contribution is 2.28. The zero-order valence-corrected chi connectivity index (χ0v) is 13.5. The molecule has 0 bridgehead atoms. The second-order valence-electron chi connectivity index (χ2n) is 6.36. The van der Waals surface area contributed by atoms with Crippen LogP contribution in [0.1, 0.15) is 42.1 Å². The fourth-order valence-electron chi connectivity index (χ4n) is 3.37. The molecule has 1 heterocycles. The molecule has 0 amide bonds. The van der Waals surface area contributed by atoms with Crippen molar-refractivity contribution in [2.45, 2.75) is 38.8 Å². The highest BCUT2D eigenvalue weighted by Gasteiger charge is 2.20. The Kier molecular flexibility index (Phi) is 4.77. The van der Waals surface area contributed by atoms with E-state index in [4.69, 9.17) is 0 Å². The Balaban J connectivity index is 1.97. The van der Waals surface area contributed by atoms with Gasteiger partial charge < -0.3 is 5.11 Å². The number of benzene rings is 2. The third-order valence-corrected chi connectivity index (χ3v) is 4.75. The van der Waals surface area contributed by atoms with Gasteiger partial charge in [-0.1, -0.05) is 42.8 Å². The molecule has 1 saturated heterocycles. The van der Waals surface area contributed by atoms with Gasteiger partial charge in [-0.2, -0.15) is 0 Å². The van der Waals surface area contributed by atoms with Crippen LogP contribution in [-0.2, 0) is 6.54 Å². The minimum absolute atomic E-state index is 0.365. The Labute approximate surface area is 137 Å². The maximum Gasteiger partial charge on any atom is 0.335 e. The molecule has 1 aliphatic rings. The molecule has 1 aliphatic heterocycles. The summed E-state index contributed by atoms with van der Waals surface area (Å²) >= 11 is 0. The molecular weight excluding hydrogens is 286 g/mol. The third-order valence-electron chi connectivity index (χ3n) is 4.75. The van der Waals surface area contributed by atoms with E-state index in [-0.39, 0.29) is 0 Å². The molecule has 1 N–H and O–H groups in total. The minimum Gasteiger partial charge on any atom is -0.478 e. The Hall–Kier alpha value is -2.13. The van der Waals surface area contributed by atoms with E-state index in [2.05, 4.69) is 24.0 Å². The summed E-state index contributed by atoms with van der Waals surface area (Å²) in [5.41, 5.74) is 3.74. The number of piperidine rings is 1. The molecular formula is C20H23NO2. The lowest BCUT2D eigenvalue weighted by Crippen LogP contribution is -2.36. The van der Waals surface area contributed by atoms with Gasteiger partial charge in [0.25, 0.3) is 0 Å². The number of nitrogens with zero attached hydrogens (tertiary/aromatic N) is 1. The molecule has 2 aromatic rings. The first-order valence-corrected chi connectivity index (χ1v) is 8.31. The summed E-state index contributed by atoms with van der Waals surface area (Å²) in [7, 11) is 0. The van der Waals surface area contributed by atoms with Crippen molar-refractivity contribution in [2.75, 3.05) is 6.54 Å². The lowest BCUT2D eigenvalue weighted by Gasteiger charge is -2.34. The van der Waals surface area contributed by atoms with E-state index in [1.807, 2.05) is 30.3 Å².